The molecule has 1 saturated heterocycles. The van der Waals surface area contributed by atoms with E-state index in [1.807, 2.05) is 12.1 Å². The molecule has 0 aromatic heterocycles. The molecule has 23 heavy (non-hydrogen) atoms. The number of halogens is 4. The van der Waals surface area contributed by atoms with Gasteiger partial charge in [-0.3, -0.25) is 9.69 Å². The predicted octanol–water partition coefficient (Wildman–Crippen LogP) is 5.14. The maximum Gasteiger partial charge on any atom is 0.416 e. The van der Waals surface area contributed by atoms with Crippen molar-refractivity contribution in [1.29, 1.82) is 0 Å². The summed E-state index contributed by atoms with van der Waals surface area (Å²) in [6.45, 7) is 0. The number of benzene rings is 2. The van der Waals surface area contributed by atoms with Crippen LogP contribution in [-0.2, 0) is 11.0 Å². The molecule has 0 saturated carbocycles. The normalized spacial score (nSPS) is 18.5. The second kappa shape index (κ2) is 6.09. The molecule has 2 aromatic rings. The molecular formula is C16H11ClF3NOS. The maximum atomic E-state index is 12.7. The molecule has 0 spiro atoms. The lowest BCUT2D eigenvalue weighted by Gasteiger charge is -2.25. The van der Waals surface area contributed by atoms with E-state index in [-0.39, 0.29) is 17.0 Å². The van der Waals surface area contributed by atoms with E-state index in [9.17, 15) is 18.0 Å². The minimum Gasteiger partial charge on any atom is -0.295 e. The van der Waals surface area contributed by atoms with Gasteiger partial charge in [-0.25, -0.2) is 0 Å². The predicted molar refractivity (Wildman–Crippen MR) is 85.6 cm³/mol. The second-order valence-corrected chi connectivity index (χ2v) is 6.47. The van der Waals surface area contributed by atoms with Gasteiger partial charge in [0, 0.05) is 16.3 Å². The van der Waals surface area contributed by atoms with Crippen molar-refractivity contribution in [3.05, 3.63) is 64.7 Å². The number of carbonyl (C=O) groups excluding carboxylic acids is 1. The third kappa shape index (κ3) is 3.19. The molecule has 1 atom stereocenters. The highest BCUT2D eigenvalue weighted by Gasteiger charge is 2.36. The van der Waals surface area contributed by atoms with Gasteiger partial charge in [0.25, 0.3) is 0 Å². The Morgan fingerprint density at radius 2 is 1.74 bits per heavy atom. The van der Waals surface area contributed by atoms with Gasteiger partial charge < -0.3 is 0 Å². The van der Waals surface area contributed by atoms with Crippen LogP contribution in [0.3, 0.4) is 0 Å². The molecule has 1 aliphatic heterocycles. The van der Waals surface area contributed by atoms with Gasteiger partial charge in [-0.15, -0.1) is 11.8 Å². The maximum absolute atomic E-state index is 12.7. The van der Waals surface area contributed by atoms with Gasteiger partial charge in [-0.1, -0.05) is 29.8 Å². The summed E-state index contributed by atoms with van der Waals surface area (Å²) >= 11 is 7.59. The van der Waals surface area contributed by atoms with Gasteiger partial charge in [-0.05, 0) is 30.3 Å². The van der Waals surface area contributed by atoms with Crippen molar-refractivity contribution in [2.75, 3.05) is 10.7 Å². The van der Waals surface area contributed by atoms with Crippen LogP contribution in [0.2, 0.25) is 5.02 Å². The molecule has 3 rings (SSSR count). The SMILES string of the molecule is O=C1CSC(c2ccccc2Cl)N1c1ccc(C(F)(F)F)cc1. The van der Waals surface area contributed by atoms with Crippen LogP contribution in [0.25, 0.3) is 0 Å². The minimum atomic E-state index is -4.40. The highest BCUT2D eigenvalue weighted by Crippen LogP contribution is 2.44. The molecule has 2 nitrogen and oxygen atoms in total. The molecule has 1 unspecified atom stereocenters. The molecule has 0 aliphatic carbocycles. The summed E-state index contributed by atoms with van der Waals surface area (Å²) in [7, 11) is 0. The third-order valence-electron chi connectivity index (χ3n) is 3.51. The number of thioether (sulfide) groups is 1. The Bertz CT molecular complexity index is 733. The number of hydrogen-bond donors (Lipinski definition) is 0. The van der Waals surface area contributed by atoms with E-state index in [0.717, 1.165) is 17.7 Å². The van der Waals surface area contributed by atoms with Crippen molar-refractivity contribution in [2.45, 2.75) is 11.6 Å². The topological polar surface area (TPSA) is 20.3 Å². The summed E-state index contributed by atoms with van der Waals surface area (Å²) in [5.74, 6) is 0.108. The van der Waals surface area contributed by atoms with Crippen molar-refractivity contribution in [1.82, 2.24) is 0 Å². The van der Waals surface area contributed by atoms with E-state index < -0.39 is 11.7 Å². The van der Waals surface area contributed by atoms with E-state index >= 15 is 0 Å². The van der Waals surface area contributed by atoms with Gasteiger partial charge in [0.2, 0.25) is 5.91 Å². The third-order valence-corrected chi connectivity index (χ3v) is 5.05. The van der Waals surface area contributed by atoms with Gasteiger partial charge in [0.15, 0.2) is 0 Å². The van der Waals surface area contributed by atoms with Crippen LogP contribution >= 0.6 is 23.4 Å². The van der Waals surface area contributed by atoms with E-state index in [2.05, 4.69) is 0 Å². The van der Waals surface area contributed by atoms with Gasteiger partial charge >= 0.3 is 6.18 Å². The summed E-state index contributed by atoms with van der Waals surface area (Å²) < 4.78 is 38.0. The van der Waals surface area contributed by atoms with Gasteiger partial charge in [0.1, 0.15) is 5.37 Å². The minimum absolute atomic E-state index is 0.153. The zero-order valence-electron chi connectivity index (χ0n) is 11.7. The Morgan fingerprint density at radius 3 is 2.35 bits per heavy atom. The molecule has 1 fully saturated rings. The fraction of sp³-hybridized carbons (Fsp3) is 0.188. The molecule has 0 N–H and O–H groups in total. The van der Waals surface area contributed by atoms with Crippen LogP contribution in [0.15, 0.2) is 48.5 Å². The largest absolute Gasteiger partial charge is 0.416 e. The van der Waals surface area contributed by atoms with Crippen molar-refractivity contribution in [3.8, 4) is 0 Å². The molecule has 2 aromatic carbocycles. The van der Waals surface area contributed by atoms with Crippen molar-refractivity contribution in [3.63, 3.8) is 0 Å². The second-order valence-electron chi connectivity index (χ2n) is 4.99. The molecule has 120 valence electrons. The van der Waals surface area contributed by atoms with Crippen molar-refractivity contribution >= 4 is 35.0 Å². The highest BCUT2D eigenvalue weighted by molar-refractivity contribution is 8.00. The average molecular weight is 358 g/mol. The molecule has 1 aliphatic rings. The first-order valence-corrected chi connectivity index (χ1v) is 8.16. The average Bonchev–Trinajstić information content (AvgIpc) is 2.88. The van der Waals surface area contributed by atoms with Crippen LogP contribution in [0.4, 0.5) is 18.9 Å². The van der Waals surface area contributed by atoms with Crippen molar-refractivity contribution < 1.29 is 18.0 Å². The number of anilines is 1. The van der Waals surface area contributed by atoms with Gasteiger partial charge in [0.05, 0.1) is 11.3 Å². The number of carbonyl (C=O) groups is 1. The lowest BCUT2D eigenvalue weighted by atomic mass is 10.1. The molecule has 0 radical (unpaired) electrons. The summed E-state index contributed by atoms with van der Waals surface area (Å²) in [5.41, 5.74) is 0.456. The lowest BCUT2D eigenvalue weighted by molar-refractivity contribution is -0.137. The molecule has 7 heteroatoms. The zero-order valence-corrected chi connectivity index (χ0v) is 13.3. The monoisotopic (exact) mass is 357 g/mol. The van der Waals surface area contributed by atoms with E-state index in [4.69, 9.17) is 11.6 Å². The van der Waals surface area contributed by atoms with Crippen LogP contribution < -0.4 is 4.90 Å². The molecule has 0 bridgehead atoms. The Balaban J connectivity index is 1.96. The summed E-state index contributed by atoms with van der Waals surface area (Å²) in [5, 5.41) is 0.185. The van der Waals surface area contributed by atoms with Gasteiger partial charge in [-0.2, -0.15) is 13.2 Å². The summed E-state index contributed by atoms with van der Waals surface area (Å²) in [4.78, 5) is 13.7. The molecule has 1 heterocycles. The summed E-state index contributed by atoms with van der Waals surface area (Å²) in [6, 6.07) is 11.7. The van der Waals surface area contributed by atoms with Crippen LogP contribution in [0, 0.1) is 0 Å². The van der Waals surface area contributed by atoms with E-state index in [1.54, 1.807) is 12.1 Å². The van der Waals surface area contributed by atoms with Crippen molar-refractivity contribution in [2.24, 2.45) is 0 Å². The number of nitrogens with zero attached hydrogens (tertiary/aromatic N) is 1. The Hall–Kier alpha value is -1.66. The first kappa shape index (κ1) is 16.2. The van der Waals surface area contributed by atoms with E-state index in [1.165, 1.54) is 28.8 Å². The molecule has 1 amide bonds. The number of hydrogen-bond acceptors (Lipinski definition) is 2. The standard InChI is InChI=1S/C16H11ClF3NOS/c17-13-4-2-1-3-12(13)15-21(14(22)9-23-15)11-7-5-10(6-8-11)16(18,19)20/h1-8,15H,9H2. The first-order valence-electron chi connectivity index (χ1n) is 6.73. The van der Waals surface area contributed by atoms with E-state index in [0.29, 0.717) is 10.7 Å². The fourth-order valence-electron chi connectivity index (χ4n) is 2.42. The Morgan fingerprint density at radius 1 is 1.09 bits per heavy atom. The summed E-state index contributed by atoms with van der Waals surface area (Å²) in [6.07, 6.45) is -4.40. The number of rotatable bonds is 2. The number of alkyl halides is 3. The van der Waals surface area contributed by atoms with Crippen LogP contribution in [0.1, 0.15) is 16.5 Å². The quantitative estimate of drug-likeness (QED) is 0.742. The molecular weight excluding hydrogens is 347 g/mol. The number of amides is 1. The fourth-order valence-corrected chi connectivity index (χ4v) is 3.94. The smallest absolute Gasteiger partial charge is 0.295 e. The first-order chi connectivity index (χ1) is 10.9. The Labute approximate surface area is 140 Å². The zero-order chi connectivity index (χ0) is 16.6. The van der Waals surface area contributed by atoms with Crippen LogP contribution in [0.5, 0.6) is 0 Å². The van der Waals surface area contributed by atoms with Crippen LogP contribution in [-0.4, -0.2) is 11.7 Å². The lowest BCUT2D eigenvalue weighted by Crippen LogP contribution is -2.28. The Kier molecular flexibility index (Phi) is 4.29. The highest BCUT2D eigenvalue weighted by atomic mass is 35.5.